The van der Waals surface area contributed by atoms with Gasteiger partial charge in [-0.15, -0.1) is 6.58 Å². The van der Waals surface area contributed by atoms with Crippen molar-refractivity contribution in [1.29, 1.82) is 0 Å². The van der Waals surface area contributed by atoms with Crippen molar-refractivity contribution in [3.8, 4) is 0 Å². The predicted octanol–water partition coefficient (Wildman–Crippen LogP) is 0.125. The molecule has 1 amide bonds. The molecule has 0 saturated carbocycles. The zero-order valence-corrected chi connectivity index (χ0v) is 9.28. The number of nitrogens with one attached hydrogen (secondary N) is 1. The molecular formula is C11H18N2O3. The minimum absolute atomic E-state index is 0.122. The predicted molar refractivity (Wildman–Crippen MR) is 61.6 cm³/mol. The molecule has 0 aliphatic heterocycles. The quantitative estimate of drug-likeness (QED) is 0.455. The summed E-state index contributed by atoms with van der Waals surface area (Å²) in [7, 11) is 0. The summed E-state index contributed by atoms with van der Waals surface area (Å²) in [5.74, 6) is -0.678. The Kier molecular flexibility index (Phi) is 7.79. The molecule has 5 heteroatoms. The van der Waals surface area contributed by atoms with Crippen LogP contribution in [0.25, 0.3) is 0 Å². The van der Waals surface area contributed by atoms with Crippen molar-refractivity contribution in [2.45, 2.75) is 18.9 Å². The number of carbonyl (C=O) groups excluding carboxylic acids is 2. The second-order valence-corrected chi connectivity index (χ2v) is 3.15. The molecule has 0 aliphatic carbocycles. The highest BCUT2D eigenvalue weighted by atomic mass is 16.5. The van der Waals surface area contributed by atoms with Gasteiger partial charge in [0, 0.05) is 13.0 Å². The fraction of sp³-hybridized carbons (Fsp3) is 0.455. The normalized spacial score (nSPS) is 11.3. The van der Waals surface area contributed by atoms with Crippen LogP contribution in [0.2, 0.25) is 0 Å². The highest BCUT2D eigenvalue weighted by Crippen LogP contribution is 1.97. The highest BCUT2D eigenvalue weighted by Gasteiger charge is 2.14. The number of esters is 1. The fourth-order valence-corrected chi connectivity index (χ4v) is 0.932. The Labute approximate surface area is 95.3 Å². The number of nitrogens with two attached hydrogens (primary N) is 1. The van der Waals surface area contributed by atoms with Crippen LogP contribution in [-0.2, 0) is 14.3 Å². The molecule has 0 bridgehead atoms. The van der Waals surface area contributed by atoms with Gasteiger partial charge in [-0.05, 0) is 6.42 Å². The third kappa shape index (κ3) is 6.78. The maximum Gasteiger partial charge on any atom is 0.306 e. The first-order valence-electron chi connectivity index (χ1n) is 5.02. The lowest BCUT2D eigenvalue weighted by atomic mass is 10.1. The van der Waals surface area contributed by atoms with Crippen LogP contribution in [0.15, 0.2) is 25.3 Å². The van der Waals surface area contributed by atoms with Gasteiger partial charge in [-0.1, -0.05) is 18.7 Å². The molecule has 0 radical (unpaired) electrons. The van der Waals surface area contributed by atoms with Crippen LogP contribution < -0.4 is 11.1 Å². The van der Waals surface area contributed by atoms with Crippen LogP contribution >= 0.6 is 0 Å². The van der Waals surface area contributed by atoms with Crippen molar-refractivity contribution >= 4 is 11.9 Å². The topological polar surface area (TPSA) is 81.4 Å². The Morgan fingerprint density at radius 3 is 2.62 bits per heavy atom. The Hall–Kier alpha value is -1.62. The van der Waals surface area contributed by atoms with Gasteiger partial charge in [-0.2, -0.15) is 0 Å². The minimum Gasteiger partial charge on any atom is -0.461 e. The number of hydrogen-bond acceptors (Lipinski definition) is 4. The highest BCUT2D eigenvalue weighted by molar-refractivity contribution is 5.82. The second kappa shape index (κ2) is 8.67. The van der Waals surface area contributed by atoms with Crippen LogP contribution in [0.3, 0.4) is 0 Å². The van der Waals surface area contributed by atoms with Gasteiger partial charge in [0.1, 0.15) is 6.61 Å². The van der Waals surface area contributed by atoms with Gasteiger partial charge in [0.05, 0.1) is 6.04 Å². The summed E-state index contributed by atoms with van der Waals surface area (Å²) < 4.78 is 4.74. The average molecular weight is 226 g/mol. The molecule has 90 valence electrons. The van der Waals surface area contributed by atoms with Gasteiger partial charge >= 0.3 is 5.97 Å². The van der Waals surface area contributed by atoms with Crippen molar-refractivity contribution in [1.82, 2.24) is 5.32 Å². The van der Waals surface area contributed by atoms with Crippen molar-refractivity contribution in [2.24, 2.45) is 5.73 Å². The monoisotopic (exact) mass is 226 g/mol. The van der Waals surface area contributed by atoms with Crippen molar-refractivity contribution in [3.05, 3.63) is 25.3 Å². The number of rotatable bonds is 8. The SMILES string of the molecule is C=CCNC(=O)[C@@H](N)CCC(=O)OCC=C. The van der Waals surface area contributed by atoms with E-state index in [1.807, 2.05) is 0 Å². The lowest BCUT2D eigenvalue weighted by Gasteiger charge is -2.10. The van der Waals surface area contributed by atoms with E-state index in [-0.39, 0.29) is 31.3 Å². The number of hydrogen-bond donors (Lipinski definition) is 2. The van der Waals surface area contributed by atoms with Crippen molar-refractivity contribution in [3.63, 3.8) is 0 Å². The summed E-state index contributed by atoms with van der Waals surface area (Å²) in [6.07, 6.45) is 3.42. The molecule has 0 heterocycles. The van der Waals surface area contributed by atoms with E-state index >= 15 is 0 Å². The zero-order chi connectivity index (χ0) is 12.4. The Balaban J connectivity index is 3.74. The molecule has 16 heavy (non-hydrogen) atoms. The standard InChI is InChI=1S/C11H18N2O3/c1-3-7-13-11(15)9(12)5-6-10(14)16-8-4-2/h3-4,9H,1-2,5-8,12H2,(H,13,15)/t9-/m0/s1. The number of carbonyl (C=O) groups is 2. The summed E-state index contributed by atoms with van der Waals surface area (Å²) in [6.45, 7) is 7.42. The Morgan fingerprint density at radius 1 is 1.38 bits per heavy atom. The van der Waals surface area contributed by atoms with Crippen LogP contribution in [0.5, 0.6) is 0 Å². The van der Waals surface area contributed by atoms with Gasteiger partial charge in [0.15, 0.2) is 0 Å². The molecule has 3 N–H and O–H groups in total. The zero-order valence-electron chi connectivity index (χ0n) is 9.28. The van der Waals surface area contributed by atoms with Crippen LogP contribution in [0, 0.1) is 0 Å². The maximum absolute atomic E-state index is 11.3. The van der Waals surface area contributed by atoms with Crippen LogP contribution in [0.4, 0.5) is 0 Å². The van der Waals surface area contributed by atoms with Crippen molar-refractivity contribution < 1.29 is 14.3 Å². The van der Waals surface area contributed by atoms with Gasteiger partial charge in [-0.25, -0.2) is 0 Å². The van der Waals surface area contributed by atoms with E-state index in [1.54, 1.807) is 6.08 Å². The summed E-state index contributed by atoms with van der Waals surface area (Å²) in [4.78, 5) is 22.3. The van der Waals surface area contributed by atoms with Gasteiger partial charge in [0.2, 0.25) is 5.91 Å². The summed E-state index contributed by atoms with van der Waals surface area (Å²) in [6, 6.07) is -0.698. The van der Waals surface area contributed by atoms with E-state index < -0.39 is 6.04 Å². The second-order valence-electron chi connectivity index (χ2n) is 3.15. The molecule has 0 rings (SSSR count). The third-order valence-electron chi connectivity index (χ3n) is 1.78. The van der Waals surface area contributed by atoms with E-state index in [0.717, 1.165) is 0 Å². The smallest absolute Gasteiger partial charge is 0.306 e. The maximum atomic E-state index is 11.3. The van der Waals surface area contributed by atoms with Gasteiger partial charge in [0.25, 0.3) is 0 Å². The molecule has 0 fully saturated rings. The van der Waals surface area contributed by atoms with Gasteiger partial charge in [-0.3, -0.25) is 9.59 Å². The molecule has 0 aliphatic rings. The summed E-state index contributed by atoms with van der Waals surface area (Å²) >= 11 is 0. The summed E-state index contributed by atoms with van der Waals surface area (Å²) in [5.41, 5.74) is 5.56. The molecule has 5 nitrogen and oxygen atoms in total. The number of ether oxygens (including phenoxy) is 1. The lowest BCUT2D eigenvalue weighted by Crippen LogP contribution is -2.40. The largest absolute Gasteiger partial charge is 0.461 e. The van der Waals surface area contributed by atoms with Crippen LogP contribution in [-0.4, -0.2) is 31.1 Å². The van der Waals surface area contributed by atoms with Gasteiger partial charge < -0.3 is 15.8 Å². The van der Waals surface area contributed by atoms with E-state index in [0.29, 0.717) is 6.54 Å². The van der Waals surface area contributed by atoms with Crippen LogP contribution in [0.1, 0.15) is 12.8 Å². The molecule has 0 spiro atoms. The molecule has 0 aromatic heterocycles. The van der Waals surface area contributed by atoms with E-state index in [4.69, 9.17) is 10.5 Å². The molecule has 0 aromatic rings. The first-order chi connectivity index (χ1) is 7.61. The third-order valence-corrected chi connectivity index (χ3v) is 1.78. The Morgan fingerprint density at radius 2 is 2.06 bits per heavy atom. The Bertz CT molecular complexity index is 264. The summed E-state index contributed by atoms with van der Waals surface area (Å²) in [5, 5.41) is 2.55. The van der Waals surface area contributed by atoms with Crippen molar-refractivity contribution in [2.75, 3.05) is 13.2 Å². The van der Waals surface area contributed by atoms with E-state index in [2.05, 4.69) is 18.5 Å². The molecule has 0 unspecified atom stereocenters. The molecule has 0 aromatic carbocycles. The fourth-order valence-electron chi connectivity index (χ4n) is 0.932. The van der Waals surface area contributed by atoms with E-state index in [1.165, 1.54) is 6.08 Å². The first-order valence-corrected chi connectivity index (χ1v) is 5.02. The number of amides is 1. The van der Waals surface area contributed by atoms with E-state index in [9.17, 15) is 9.59 Å². The first kappa shape index (κ1) is 14.4. The molecule has 1 atom stereocenters. The molecular weight excluding hydrogens is 208 g/mol. The molecule has 0 saturated heterocycles. The minimum atomic E-state index is -0.698. The average Bonchev–Trinajstić information content (AvgIpc) is 2.30. The lowest BCUT2D eigenvalue weighted by molar-refractivity contribution is -0.142.